The number of hydrogen-bond donors (Lipinski definition) is 1. The van der Waals surface area contributed by atoms with Crippen LogP contribution < -0.4 is 5.32 Å². The van der Waals surface area contributed by atoms with Crippen molar-refractivity contribution in [3.8, 4) is 11.6 Å². The molecule has 1 saturated heterocycles. The van der Waals surface area contributed by atoms with Gasteiger partial charge in [0.05, 0.1) is 10.5 Å². The van der Waals surface area contributed by atoms with Gasteiger partial charge in [-0.25, -0.2) is 9.78 Å². The van der Waals surface area contributed by atoms with Crippen LogP contribution in [-0.4, -0.2) is 27.3 Å². The molecule has 1 N–H and O–H groups in total. The molecule has 0 bridgehead atoms. The molecule has 3 aromatic rings. The summed E-state index contributed by atoms with van der Waals surface area (Å²) in [5, 5.41) is 5.61. The predicted octanol–water partition coefficient (Wildman–Crippen LogP) is 3.88. The van der Waals surface area contributed by atoms with Crippen LogP contribution in [0.25, 0.3) is 17.7 Å². The van der Waals surface area contributed by atoms with Crippen molar-refractivity contribution in [2.45, 2.75) is 20.0 Å². The Kier molecular flexibility index (Phi) is 5.23. The van der Waals surface area contributed by atoms with Crippen molar-refractivity contribution in [3.63, 3.8) is 0 Å². The normalized spacial score (nSPS) is 16.0. The van der Waals surface area contributed by atoms with Gasteiger partial charge in [-0.3, -0.25) is 14.9 Å². The van der Waals surface area contributed by atoms with E-state index in [1.807, 2.05) is 0 Å². The van der Waals surface area contributed by atoms with Gasteiger partial charge in [0.25, 0.3) is 11.1 Å². The van der Waals surface area contributed by atoms with Gasteiger partial charge in [0.1, 0.15) is 23.8 Å². The lowest BCUT2D eigenvalue weighted by Crippen LogP contribution is -2.17. The third-order valence-corrected chi connectivity index (χ3v) is 4.97. The maximum absolute atomic E-state index is 12.4. The molecule has 3 heterocycles. The first kappa shape index (κ1) is 19.6. The molecule has 1 fully saturated rings. The minimum absolute atomic E-state index is 0.273. The van der Waals surface area contributed by atoms with Crippen LogP contribution in [0, 0.1) is 6.92 Å². The molecular formula is C20H15N3O6S. The lowest BCUT2D eigenvalue weighted by molar-refractivity contribution is -0.115. The minimum atomic E-state index is -0.644. The summed E-state index contributed by atoms with van der Waals surface area (Å²) in [4.78, 5) is 39.8. The zero-order chi connectivity index (χ0) is 21.3. The lowest BCUT2D eigenvalue weighted by atomic mass is 10.1. The number of ether oxygens (including phenoxy) is 1. The Morgan fingerprint density at radius 1 is 1.27 bits per heavy atom. The lowest BCUT2D eigenvalue weighted by Gasteiger charge is -2.10. The summed E-state index contributed by atoms with van der Waals surface area (Å²) in [5.74, 6) is -0.0710. The van der Waals surface area contributed by atoms with Gasteiger partial charge in [0.2, 0.25) is 5.89 Å². The Morgan fingerprint density at radius 2 is 2.03 bits per heavy atom. The second-order valence-corrected chi connectivity index (χ2v) is 7.44. The van der Waals surface area contributed by atoms with E-state index in [-0.39, 0.29) is 5.89 Å². The fourth-order valence-corrected chi connectivity index (χ4v) is 3.32. The van der Waals surface area contributed by atoms with Crippen LogP contribution in [0.1, 0.15) is 40.4 Å². The molecule has 1 aliphatic heterocycles. The van der Waals surface area contributed by atoms with Gasteiger partial charge >= 0.3 is 5.97 Å². The number of carbonyl (C=O) groups is 3. The number of benzene rings is 1. The van der Waals surface area contributed by atoms with Gasteiger partial charge in [-0.05, 0) is 49.4 Å². The van der Waals surface area contributed by atoms with Gasteiger partial charge in [-0.15, -0.1) is 0 Å². The Bertz CT molecular complexity index is 1160. The quantitative estimate of drug-likeness (QED) is 0.479. The number of oxazole rings is 1. The molecule has 1 atom stereocenters. The van der Waals surface area contributed by atoms with Crippen LogP contribution in [0.5, 0.6) is 0 Å². The number of aromatic nitrogens is 2. The zero-order valence-electron chi connectivity index (χ0n) is 15.9. The van der Waals surface area contributed by atoms with E-state index in [9.17, 15) is 14.4 Å². The van der Waals surface area contributed by atoms with Crippen molar-refractivity contribution in [1.29, 1.82) is 0 Å². The van der Waals surface area contributed by atoms with E-state index in [0.717, 1.165) is 11.8 Å². The first-order valence-electron chi connectivity index (χ1n) is 8.84. The standard InChI is InChI=1S/C20H15N3O6S/c1-10-7-14(23-29-10)18-21-15(9-27-18)11(2)28-19(25)13-5-3-12(4-6-13)8-16-17(24)22-20(26)30-16/h3-9,11H,1-2H3,(H,22,24,26)/b16-8-. The van der Waals surface area contributed by atoms with Crippen molar-refractivity contribution in [2.24, 2.45) is 0 Å². The number of nitrogens with zero attached hydrogens (tertiary/aromatic N) is 2. The predicted molar refractivity (Wildman–Crippen MR) is 106 cm³/mol. The average Bonchev–Trinajstić information content (AvgIpc) is 3.43. The van der Waals surface area contributed by atoms with Gasteiger partial charge < -0.3 is 13.7 Å². The number of aryl methyl sites for hydroxylation is 1. The number of imide groups is 1. The Balaban J connectivity index is 1.41. The van der Waals surface area contributed by atoms with Gasteiger partial charge in [-0.2, -0.15) is 0 Å². The number of nitrogens with one attached hydrogen (secondary N) is 1. The molecule has 9 nitrogen and oxygen atoms in total. The molecule has 1 unspecified atom stereocenters. The van der Waals surface area contributed by atoms with E-state index >= 15 is 0 Å². The molecule has 2 amide bonds. The summed E-state index contributed by atoms with van der Waals surface area (Å²) in [6.45, 7) is 3.44. The molecule has 2 aromatic heterocycles. The summed E-state index contributed by atoms with van der Waals surface area (Å²) in [6.07, 6.45) is 2.33. The van der Waals surface area contributed by atoms with E-state index in [1.54, 1.807) is 50.3 Å². The highest BCUT2D eigenvalue weighted by molar-refractivity contribution is 8.18. The van der Waals surface area contributed by atoms with Crippen molar-refractivity contribution in [3.05, 3.63) is 64.1 Å². The largest absolute Gasteiger partial charge is 0.452 e. The van der Waals surface area contributed by atoms with Crippen LogP contribution in [0.4, 0.5) is 4.79 Å². The van der Waals surface area contributed by atoms with E-state index in [4.69, 9.17) is 13.7 Å². The first-order chi connectivity index (χ1) is 14.4. The Labute approximate surface area is 174 Å². The summed E-state index contributed by atoms with van der Waals surface area (Å²) in [6, 6.07) is 8.16. The van der Waals surface area contributed by atoms with Crippen LogP contribution in [-0.2, 0) is 9.53 Å². The van der Waals surface area contributed by atoms with Crippen LogP contribution in [0.3, 0.4) is 0 Å². The SMILES string of the molecule is Cc1cc(-c2nc(C(C)OC(=O)c3ccc(/C=C4\SC(=O)NC4=O)cc3)co2)no1. The fourth-order valence-electron chi connectivity index (χ4n) is 2.63. The van der Waals surface area contributed by atoms with E-state index < -0.39 is 23.2 Å². The number of rotatable bonds is 5. The molecule has 0 radical (unpaired) electrons. The van der Waals surface area contributed by atoms with Crippen molar-refractivity contribution in [1.82, 2.24) is 15.5 Å². The molecule has 1 aromatic carbocycles. The van der Waals surface area contributed by atoms with Gasteiger partial charge in [0, 0.05) is 6.07 Å². The molecule has 10 heteroatoms. The average molecular weight is 425 g/mol. The third kappa shape index (κ3) is 4.18. The topological polar surface area (TPSA) is 125 Å². The number of carbonyl (C=O) groups excluding carboxylic acids is 3. The summed E-state index contributed by atoms with van der Waals surface area (Å²) < 4.78 is 15.8. The van der Waals surface area contributed by atoms with E-state index in [2.05, 4.69) is 15.5 Å². The minimum Gasteiger partial charge on any atom is -0.452 e. The summed E-state index contributed by atoms with van der Waals surface area (Å²) in [7, 11) is 0. The third-order valence-electron chi connectivity index (χ3n) is 4.16. The number of thioether (sulfide) groups is 1. The smallest absolute Gasteiger partial charge is 0.338 e. The first-order valence-corrected chi connectivity index (χ1v) is 9.66. The molecule has 4 rings (SSSR count). The fraction of sp³-hybridized carbons (Fsp3) is 0.150. The number of hydrogen-bond acceptors (Lipinski definition) is 9. The second kappa shape index (κ2) is 7.99. The van der Waals surface area contributed by atoms with Crippen LogP contribution >= 0.6 is 11.8 Å². The molecule has 30 heavy (non-hydrogen) atoms. The highest BCUT2D eigenvalue weighted by Gasteiger charge is 2.25. The molecule has 0 spiro atoms. The molecule has 0 aliphatic carbocycles. The monoisotopic (exact) mass is 425 g/mol. The Hall–Kier alpha value is -3.66. The highest BCUT2D eigenvalue weighted by atomic mass is 32.2. The van der Waals surface area contributed by atoms with Crippen molar-refractivity contribution in [2.75, 3.05) is 0 Å². The maximum atomic E-state index is 12.4. The molecule has 152 valence electrons. The maximum Gasteiger partial charge on any atom is 0.338 e. The molecular weight excluding hydrogens is 410 g/mol. The van der Waals surface area contributed by atoms with Crippen molar-refractivity contribution >= 4 is 35.0 Å². The van der Waals surface area contributed by atoms with Crippen molar-refractivity contribution < 1.29 is 28.1 Å². The Morgan fingerprint density at radius 3 is 2.67 bits per heavy atom. The number of amides is 2. The highest BCUT2D eigenvalue weighted by Crippen LogP contribution is 2.26. The van der Waals surface area contributed by atoms with E-state index in [0.29, 0.717) is 33.2 Å². The van der Waals surface area contributed by atoms with Crippen LogP contribution in [0.2, 0.25) is 0 Å². The van der Waals surface area contributed by atoms with E-state index in [1.165, 1.54) is 6.26 Å². The molecule has 0 saturated carbocycles. The second-order valence-electron chi connectivity index (χ2n) is 6.42. The summed E-state index contributed by atoms with van der Waals surface area (Å²) >= 11 is 0.830. The molecule has 1 aliphatic rings. The summed E-state index contributed by atoms with van der Waals surface area (Å²) in [5.41, 5.74) is 1.91. The van der Waals surface area contributed by atoms with Gasteiger partial charge in [-0.1, -0.05) is 17.3 Å². The van der Waals surface area contributed by atoms with Crippen LogP contribution in [0.15, 0.2) is 50.4 Å². The zero-order valence-corrected chi connectivity index (χ0v) is 16.7. The number of esters is 1. The van der Waals surface area contributed by atoms with Gasteiger partial charge in [0.15, 0.2) is 5.69 Å².